The molecule has 0 unspecified atom stereocenters. The Balaban J connectivity index is 1.75. The minimum absolute atomic E-state index is 0.193. The number of benzene rings is 1. The van der Waals surface area contributed by atoms with Crippen molar-refractivity contribution in [3.8, 4) is 11.5 Å². The number of halogens is 1. The van der Waals surface area contributed by atoms with Crippen molar-refractivity contribution in [2.24, 2.45) is 0 Å². The number of methoxy groups -OCH3 is 2. The van der Waals surface area contributed by atoms with E-state index in [4.69, 9.17) is 25.8 Å². The van der Waals surface area contributed by atoms with Crippen LogP contribution in [-0.2, 0) is 4.74 Å². The Morgan fingerprint density at radius 2 is 1.76 bits per heavy atom. The number of ether oxygens (including phenoxy) is 3. The monoisotopic (exact) mass is 439 g/mol. The minimum atomic E-state index is -0.487. The summed E-state index contributed by atoms with van der Waals surface area (Å²) < 4.78 is 16.2. The van der Waals surface area contributed by atoms with Gasteiger partial charge >= 0.3 is 6.09 Å². The summed E-state index contributed by atoms with van der Waals surface area (Å²) in [6.45, 7) is 6.93. The molecule has 0 radical (unpaired) electrons. The van der Waals surface area contributed by atoms with Gasteiger partial charge in [0, 0.05) is 29.8 Å². The molecule has 1 amide bonds. The molecule has 1 fully saturated rings. The number of aromatic nitrogens is 2. The second-order valence-corrected chi connectivity index (χ2v) is 9.43. The zero-order chi connectivity index (χ0) is 21.2. The molecule has 1 aromatic heterocycles. The van der Waals surface area contributed by atoms with E-state index in [0.717, 1.165) is 23.3 Å². The first-order chi connectivity index (χ1) is 13.7. The number of thioether (sulfide) groups is 1. The van der Waals surface area contributed by atoms with Gasteiger partial charge < -0.3 is 19.1 Å². The molecular formula is C20H26ClN3O4S. The quantitative estimate of drug-likeness (QED) is 0.500. The van der Waals surface area contributed by atoms with Crippen LogP contribution in [0.2, 0.25) is 5.28 Å². The Kier molecular flexibility index (Phi) is 6.63. The Morgan fingerprint density at radius 1 is 1.14 bits per heavy atom. The molecular weight excluding hydrogens is 414 g/mol. The van der Waals surface area contributed by atoms with E-state index in [-0.39, 0.29) is 11.4 Å². The summed E-state index contributed by atoms with van der Waals surface area (Å²) in [5.41, 5.74) is 0.218. The van der Waals surface area contributed by atoms with Crippen LogP contribution >= 0.6 is 23.4 Å². The zero-order valence-corrected chi connectivity index (χ0v) is 18.9. The van der Waals surface area contributed by atoms with E-state index in [1.165, 1.54) is 0 Å². The van der Waals surface area contributed by atoms with E-state index in [1.807, 2.05) is 26.8 Å². The summed E-state index contributed by atoms with van der Waals surface area (Å²) >= 11 is 7.82. The molecule has 0 saturated carbocycles. The van der Waals surface area contributed by atoms with E-state index in [2.05, 4.69) is 9.97 Å². The molecule has 9 heteroatoms. The maximum atomic E-state index is 12.3. The highest BCUT2D eigenvalue weighted by molar-refractivity contribution is 8.00. The number of likely N-dealkylation sites (tertiary alicyclic amines) is 1. The van der Waals surface area contributed by atoms with Gasteiger partial charge in [-0.2, -0.15) is 0 Å². The molecule has 3 rings (SSSR count). The number of piperidine rings is 1. The van der Waals surface area contributed by atoms with E-state index >= 15 is 0 Å². The van der Waals surface area contributed by atoms with Crippen molar-refractivity contribution in [3.63, 3.8) is 0 Å². The summed E-state index contributed by atoms with van der Waals surface area (Å²) in [6, 6.07) is 3.68. The van der Waals surface area contributed by atoms with Crippen molar-refractivity contribution in [1.82, 2.24) is 14.9 Å². The molecule has 29 heavy (non-hydrogen) atoms. The third-order valence-corrected chi connectivity index (χ3v) is 6.02. The Morgan fingerprint density at radius 3 is 2.34 bits per heavy atom. The number of fused-ring (bicyclic) bond motifs is 1. The van der Waals surface area contributed by atoms with Gasteiger partial charge in [-0.1, -0.05) is 0 Å². The lowest BCUT2D eigenvalue weighted by Gasteiger charge is -2.33. The smallest absolute Gasteiger partial charge is 0.410 e. The van der Waals surface area contributed by atoms with Gasteiger partial charge in [-0.15, -0.1) is 11.8 Å². The van der Waals surface area contributed by atoms with Crippen LogP contribution in [0.25, 0.3) is 10.9 Å². The van der Waals surface area contributed by atoms with Crippen molar-refractivity contribution in [2.45, 2.75) is 49.5 Å². The van der Waals surface area contributed by atoms with Crippen molar-refractivity contribution >= 4 is 40.4 Å². The van der Waals surface area contributed by atoms with Crippen LogP contribution in [0.4, 0.5) is 4.79 Å². The van der Waals surface area contributed by atoms with Crippen molar-refractivity contribution in [2.75, 3.05) is 27.3 Å². The van der Waals surface area contributed by atoms with Crippen LogP contribution in [-0.4, -0.2) is 59.1 Å². The molecule has 0 N–H and O–H groups in total. The molecule has 0 spiro atoms. The van der Waals surface area contributed by atoms with E-state index in [1.54, 1.807) is 36.9 Å². The number of carbonyl (C=O) groups excluding carboxylic acids is 1. The molecule has 2 aromatic rings. The predicted octanol–water partition coefficient (Wildman–Crippen LogP) is 4.79. The Labute approximate surface area is 180 Å². The third kappa shape index (κ3) is 5.36. The van der Waals surface area contributed by atoms with Crippen LogP contribution in [0.3, 0.4) is 0 Å². The SMILES string of the molecule is COc1cc2nc(Cl)nc(SC3CCN(C(=O)OC(C)(C)C)CC3)c2cc1OC. The standard InChI is InChI=1S/C20H26ClN3O4S/c1-20(2,3)28-19(25)24-8-6-12(7-9-24)29-17-13-10-15(26-4)16(27-5)11-14(13)22-18(21)23-17/h10-12H,6-9H2,1-5H3. The highest BCUT2D eigenvalue weighted by atomic mass is 35.5. The maximum Gasteiger partial charge on any atom is 0.410 e. The average Bonchev–Trinajstić information content (AvgIpc) is 2.66. The van der Waals surface area contributed by atoms with Gasteiger partial charge in [0.2, 0.25) is 5.28 Å². The number of carbonyl (C=O) groups is 1. The number of hydrogen-bond donors (Lipinski definition) is 0. The molecule has 1 aromatic carbocycles. The fourth-order valence-corrected chi connectivity index (χ4v) is 4.55. The molecule has 0 atom stereocenters. The Hall–Kier alpha value is -1.93. The highest BCUT2D eigenvalue weighted by Crippen LogP contribution is 2.38. The van der Waals surface area contributed by atoms with Crippen LogP contribution in [0.5, 0.6) is 11.5 Å². The molecule has 0 aliphatic carbocycles. The highest BCUT2D eigenvalue weighted by Gasteiger charge is 2.28. The summed E-state index contributed by atoms with van der Waals surface area (Å²) in [7, 11) is 3.18. The summed E-state index contributed by atoms with van der Waals surface area (Å²) in [5, 5.41) is 2.18. The Bertz CT molecular complexity index is 895. The number of nitrogens with zero attached hydrogens (tertiary/aromatic N) is 3. The second kappa shape index (κ2) is 8.83. The summed E-state index contributed by atoms with van der Waals surface area (Å²) in [4.78, 5) is 22.8. The lowest BCUT2D eigenvalue weighted by atomic mass is 10.1. The van der Waals surface area contributed by atoms with Gasteiger partial charge in [-0.25, -0.2) is 14.8 Å². The minimum Gasteiger partial charge on any atom is -0.493 e. The van der Waals surface area contributed by atoms with Gasteiger partial charge in [-0.05, 0) is 51.3 Å². The lowest BCUT2D eigenvalue weighted by molar-refractivity contribution is 0.0219. The largest absolute Gasteiger partial charge is 0.493 e. The fourth-order valence-electron chi connectivity index (χ4n) is 3.13. The maximum absolute atomic E-state index is 12.3. The number of amides is 1. The van der Waals surface area contributed by atoms with Crippen LogP contribution < -0.4 is 9.47 Å². The van der Waals surface area contributed by atoms with Gasteiger partial charge in [-0.3, -0.25) is 0 Å². The molecule has 158 valence electrons. The first-order valence-electron chi connectivity index (χ1n) is 9.44. The van der Waals surface area contributed by atoms with Crippen LogP contribution in [0.1, 0.15) is 33.6 Å². The second-order valence-electron chi connectivity index (χ2n) is 7.81. The van der Waals surface area contributed by atoms with E-state index < -0.39 is 5.60 Å². The number of hydrogen-bond acceptors (Lipinski definition) is 7. The van der Waals surface area contributed by atoms with E-state index in [0.29, 0.717) is 35.4 Å². The van der Waals surface area contributed by atoms with Crippen molar-refractivity contribution in [3.05, 3.63) is 17.4 Å². The third-order valence-electron chi connectivity index (χ3n) is 4.51. The first-order valence-corrected chi connectivity index (χ1v) is 10.7. The van der Waals surface area contributed by atoms with Crippen LogP contribution in [0, 0.1) is 0 Å². The fraction of sp³-hybridized carbons (Fsp3) is 0.550. The van der Waals surface area contributed by atoms with Gasteiger partial charge in [0.05, 0.1) is 19.7 Å². The number of rotatable bonds is 4. The molecule has 7 nitrogen and oxygen atoms in total. The molecule has 2 heterocycles. The zero-order valence-electron chi connectivity index (χ0n) is 17.3. The molecule has 1 aliphatic rings. The van der Waals surface area contributed by atoms with Crippen molar-refractivity contribution in [1.29, 1.82) is 0 Å². The van der Waals surface area contributed by atoms with E-state index in [9.17, 15) is 4.79 Å². The van der Waals surface area contributed by atoms with Gasteiger partial charge in [0.15, 0.2) is 11.5 Å². The van der Waals surface area contributed by atoms with Gasteiger partial charge in [0.25, 0.3) is 0 Å². The predicted molar refractivity (Wildman–Crippen MR) is 114 cm³/mol. The molecule has 0 bridgehead atoms. The van der Waals surface area contributed by atoms with Crippen LogP contribution in [0.15, 0.2) is 17.2 Å². The lowest BCUT2D eigenvalue weighted by Crippen LogP contribution is -2.42. The van der Waals surface area contributed by atoms with Crippen molar-refractivity contribution < 1.29 is 19.0 Å². The van der Waals surface area contributed by atoms with Gasteiger partial charge in [0.1, 0.15) is 10.6 Å². The average molecular weight is 440 g/mol. The summed E-state index contributed by atoms with van der Waals surface area (Å²) in [5.74, 6) is 1.21. The molecule has 1 saturated heterocycles. The topological polar surface area (TPSA) is 73.8 Å². The summed E-state index contributed by atoms with van der Waals surface area (Å²) in [6.07, 6.45) is 1.44. The molecule has 1 aliphatic heterocycles. The first kappa shape index (κ1) is 21.8. The normalized spacial score (nSPS) is 15.4.